The Morgan fingerprint density at radius 3 is 2.88 bits per heavy atom. The summed E-state index contributed by atoms with van der Waals surface area (Å²) in [5.74, 6) is 1.06. The number of hydrogen-bond donors (Lipinski definition) is 1. The zero-order chi connectivity index (χ0) is 12.4. The number of pyridine rings is 1. The Balaban J connectivity index is 2.14. The summed E-state index contributed by atoms with van der Waals surface area (Å²) in [6, 6.07) is 4.75. The lowest BCUT2D eigenvalue weighted by molar-refractivity contribution is 0.233. The van der Waals surface area contributed by atoms with Crippen molar-refractivity contribution in [1.29, 1.82) is 0 Å². The van der Waals surface area contributed by atoms with Gasteiger partial charge in [-0.1, -0.05) is 0 Å². The molecule has 1 aromatic heterocycles. The molecule has 1 unspecified atom stereocenters. The maximum absolute atomic E-state index is 5.91. The van der Waals surface area contributed by atoms with Gasteiger partial charge in [-0.25, -0.2) is 4.98 Å². The molecule has 4 heteroatoms. The van der Waals surface area contributed by atoms with Crippen LogP contribution in [0.2, 0.25) is 0 Å². The fraction of sp³-hybridized carbons (Fsp3) is 0.615. The minimum atomic E-state index is 0.0710. The van der Waals surface area contributed by atoms with Crippen molar-refractivity contribution in [3.8, 4) is 0 Å². The smallest absolute Gasteiger partial charge is 0.128 e. The van der Waals surface area contributed by atoms with E-state index in [2.05, 4.69) is 34.8 Å². The third kappa shape index (κ3) is 2.76. The zero-order valence-corrected chi connectivity index (χ0v) is 10.9. The first-order chi connectivity index (χ1) is 8.08. The summed E-state index contributed by atoms with van der Waals surface area (Å²) in [7, 11) is 2.17. The summed E-state index contributed by atoms with van der Waals surface area (Å²) in [5, 5.41) is 0. The highest BCUT2D eigenvalue weighted by atomic mass is 15.3. The topological polar surface area (TPSA) is 45.4 Å². The molecular formula is C13H22N4. The molecule has 2 heterocycles. The molecule has 2 atom stereocenters. The van der Waals surface area contributed by atoms with Crippen LogP contribution >= 0.6 is 0 Å². The van der Waals surface area contributed by atoms with Gasteiger partial charge in [-0.05, 0) is 38.6 Å². The Morgan fingerprint density at radius 2 is 2.24 bits per heavy atom. The minimum Gasteiger partial charge on any atom is -0.354 e. The highest BCUT2D eigenvalue weighted by Crippen LogP contribution is 2.19. The number of likely N-dealkylation sites (N-methyl/N-ethyl adjacent to an activating group) is 1. The molecule has 1 aromatic rings. The van der Waals surface area contributed by atoms with Gasteiger partial charge in [-0.3, -0.25) is 0 Å². The van der Waals surface area contributed by atoms with Gasteiger partial charge in [0.2, 0.25) is 0 Å². The number of aromatic nitrogens is 1. The lowest BCUT2D eigenvalue weighted by Crippen LogP contribution is -2.50. The van der Waals surface area contributed by atoms with E-state index in [-0.39, 0.29) is 6.04 Å². The number of piperazine rings is 1. The van der Waals surface area contributed by atoms with Crippen molar-refractivity contribution >= 4 is 5.82 Å². The molecular weight excluding hydrogens is 212 g/mol. The largest absolute Gasteiger partial charge is 0.354 e. The third-order valence-corrected chi connectivity index (χ3v) is 3.58. The second kappa shape index (κ2) is 5.02. The zero-order valence-electron chi connectivity index (χ0n) is 10.9. The predicted octanol–water partition coefficient (Wildman–Crippen LogP) is 1.24. The average Bonchev–Trinajstić information content (AvgIpc) is 2.33. The number of hydrogen-bond acceptors (Lipinski definition) is 4. The first kappa shape index (κ1) is 12.3. The lowest BCUT2D eigenvalue weighted by atomic mass is 10.1. The highest BCUT2D eigenvalue weighted by molar-refractivity contribution is 5.42. The molecule has 0 aliphatic carbocycles. The molecule has 0 amide bonds. The van der Waals surface area contributed by atoms with Gasteiger partial charge >= 0.3 is 0 Å². The molecule has 4 nitrogen and oxygen atoms in total. The Bertz CT molecular complexity index is 377. The van der Waals surface area contributed by atoms with Crippen molar-refractivity contribution in [2.45, 2.75) is 25.9 Å². The molecule has 1 saturated heterocycles. The molecule has 17 heavy (non-hydrogen) atoms. The van der Waals surface area contributed by atoms with Crippen LogP contribution in [0.4, 0.5) is 5.82 Å². The van der Waals surface area contributed by atoms with Gasteiger partial charge in [0.25, 0.3) is 0 Å². The second-order valence-corrected chi connectivity index (χ2v) is 5.01. The first-order valence-corrected chi connectivity index (χ1v) is 6.24. The molecule has 2 rings (SSSR count). The van der Waals surface area contributed by atoms with Crippen molar-refractivity contribution in [1.82, 2.24) is 9.88 Å². The Kier molecular flexibility index (Phi) is 3.64. The van der Waals surface area contributed by atoms with Crippen molar-refractivity contribution in [2.24, 2.45) is 5.73 Å². The van der Waals surface area contributed by atoms with Crippen LogP contribution in [0.3, 0.4) is 0 Å². The minimum absolute atomic E-state index is 0.0710. The molecule has 0 saturated carbocycles. The number of nitrogens with zero attached hydrogens (tertiary/aromatic N) is 3. The van der Waals surface area contributed by atoms with E-state index >= 15 is 0 Å². The molecule has 0 spiro atoms. The second-order valence-electron chi connectivity index (χ2n) is 5.01. The predicted molar refractivity (Wildman–Crippen MR) is 71.1 cm³/mol. The fourth-order valence-electron chi connectivity index (χ4n) is 2.15. The molecule has 1 aliphatic rings. The first-order valence-electron chi connectivity index (χ1n) is 6.24. The summed E-state index contributed by atoms with van der Waals surface area (Å²) in [4.78, 5) is 9.18. The Labute approximate surface area is 103 Å². The molecule has 0 aromatic carbocycles. The van der Waals surface area contributed by atoms with Crippen LogP contribution in [0, 0.1) is 0 Å². The van der Waals surface area contributed by atoms with E-state index in [9.17, 15) is 0 Å². The Morgan fingerprint density at radius 1 is 1.47 bits per heavy atom. The summed E-state index contributed by atoms with van der Waals surface area (Å²) in [6.45, 7) is 7.42. The van der Waals surface area contributed by atoms with Gasteiger partial charge in [-0.15, -0.1) is 0 Å². The van der Waals surface area contributed by atoms with Crippen molar-refractivity contribution in [2.75, 3.05) is 31.6 Å². The fourth-order valence-corrected chi connectivity index (χ4v) is 2.15. The Hall–Kier alpha value is -1.13. The van der Waals surface area contributed by atoms with Gasteiger partial charge in [0, 0.05) is 37.9 Å². The summed E-state index contributed by atoms with van der Waals surface area (Å²) in [5.41, 5.74) is 7.06. The summed E-state index contributed by atoms with van der Waals surface area (Å²) >= 11 is 0. The van der Waals surface area contributed by atoms with Gasteiger partial charge in [0.1, 0.15) is 5.82 Å². The van der Waals surface area contributed by atoms with E-state index in [1.165, 1.54) is 0 Å². The van der Waals surface area contributed by atoms with Crippen LogP contribution < -0.4 is 10.6 Å². The summed E-state index contributed by atoms with van der Waals surface area (Å²) < 4.78 is 0. The van der Waals surface area contributed by atoms with E-state index in [1.54, 1.807) is 0 Å². The van der Waals surface area contributed by atoms with Gasteiger partial charge in [0.05, 0.1) is 0 Å². The van der Waals surface area contributed by atoms with Gasteiger partial charge in [0.15, 0.2) is 0 Å². The van der Waals surface area contributed by atoms with Crippen LogP contribution in [-0.4, -0.2) is 42.6 Å². The van der Waals surface area contributed by atoms with E-state index in [0.717, 1.165) is 31.0 Å². The SMILES string of the molecule is CC1CN(c2cc([C@H](C)N)ccn2)CCN1C. The van der Waals surface area contributed by atoms with Gasteiger partial charge in [-0.2, -0.15) is 0 Å². The van der Waals surface area contributed by atoms with Crippen molar-refractivity contribution in [3.05, 3.63) is 23.9 Å². The average molecular weight is 234 g/mol. The summed E-state index contributed by atoms with van der Waals surface area (Å²) in [6.07, 6.45) is 1.86. The van der Waals surface area contributed by atoms with Crippen molar-refractivity contribution < 1.29 is 0 Å². The van der Waals surface area contributed by atoms with E-state index in [1.807, 2.05) is 19.2 Å². The lowest BCUT2D eigenvalue weighted by Gasteiger charge is -2.38. The molecule has 1 fully saturated rings. The van der Waals surface area contributed by atoms with Crippen LogP contribution in [0.1, 0.15) is 25.5 Å². The standard InChI is InChI=1S/C13H22N4/c1-10-9-17(7-6-16(10)3)13-8-12(11(2)14)4-5-15-13/h4-5,8,10-11H,6-7,9,14H2,1-3H3/t10?,11-/m0/s1. The van der Waals surface area contributed by atoms with E-state index in [4.69, 9.17) is 5.73 Å². The van der Waals surface area contributed by atoms with E-state index < -0.39 is 0 Å². The van der Waals surface area contributed by atoms with Crippen LogP contribution in [0.25, 0.3) is 0 Å². The molecule has 0 bridgehead atoms. The number of anilines is 1. The van der Waals surface area contributed by atoms with Crippen LogP contribution in [0.5, 0.6) is 0 Å². The molecule has 1 aliphatic heterocycles. The van der Waals surface area contributed by atoms with E-state index in [0.29, 0.717) is 6.04 Å². The number of nitrogens with two attached hydrogens (primary N) is 1. The molecule has 2 N–H and O–H groups in total. The maximum Gasteiger partial charge on any atom is 0.128 e. The monoisotopic (exact) mass is 234 g/mol. The third-order valence-electron chi connectivity index (χ3n) is 3.58. The highest BCUT2D eigenvalue weighted by Gasteiger charge is 2.21. The van der Waals surface area contributed by atoms with Crippen LogP contribution in [-0.2, 0) is 0 Å². The van der Waals surface area contributed by atoms with Crippen molar-refractivity contribution in [3.63, 3.8) is 0 Å². The molecule has 0 radical (unpaired) electrons. The molecule has 94 valence electrons. The maximum atomic E-state index is 5.91. The quantitative estimate of drug-likeness (QED) is 0.836. The normalized spacial score (nSPS) is 23.8. The van der Waals surface area contributed by atoms with Gasteiger partial charge < -0.3 is 15.5 Å². The van der Waals surface area contributed by atoms with Crippen LogP contribution in [0.15, 0.2) is 18.3 Å². The number of rotatable bonds is 2.